The first kappa shape index (κ1) is 14.1. The van der Waals surface area contributed by atoms with E-state index in [2.05, 4.69) is 4.90 Å². The van der Waals surface area contributed by atoms with Gasteiger partial charge in [-0.25, -0.2) is 4.39 Å². The van der Waals surface area contributed by atoms with Gasteiger partial charge in [0.05, 0.1) is 6.10 Å². The lowest BCUT2D eigenvalue weighted by Crippen LogP contribution is -2.47. The molecular weight excluding hydrogens is 273 g/mol. The van der Waals surface area contributed by atoms with Gasteiger partial charge in [-0.3, -0.25) is 4.90 Å². The molecule has 1 aromatic carbocycles. The van der Waals surface area contributed by atoms with Crippen molar-refractivity contribution in [1.29, 1.82) is 0 Å². The van der Waals surface area contributed by atoms with E-state index in [9.17, 15) is 9.50 Å². The molecule has 2 rings (SSSR count). The van der Waals surface area contributed by atoms with Crippen molar-refractivity contribution in [3.63, 3.8) is 0 Å². The van der Waals surface area contributed by atoms with E-state index in [1.165, 1.54) is 6.07 Å². The Morgan fingerprint density at radius 2 is 2.39 bits per heavy atom. The topological polar surface area (TPSA) is 23.5 Å². The highest BCUT2D eigenvalue weighted by Crippen LogP contribution is 2.21. The van der Waals surface area contributed by atoms with E-state index < -0.39 is 6.10 Å². The van der Waals surface area contributed by atoms with Crippen LogP contribution in [0.5, 0.6) is 0 Å². The van der Waals surface area contributed by atoms with E-state index in [4.69, 9.17) is 11.6 Å². The number of likely N-dealkylation sites (N-methyl/N-ethyl adjacent to an activating group) is 1. The number of aliphatic hydroxyl groups is 1. The third-order valence-electron chi connectivity index (χ3n) is 3.33. The Labute approximate surface area is 116 Å². The monoisotopic (exact) mass is 289 g/mol. The zero-order valence-corrected chi connectivity index (χ0v) is 11.8. The quantitative estimate of drug-likeness (QED) is 0.924. The Hall–Kier alpha value is -0.290. The largest absolute Gasteiger partial charge is 0.391 e. The third kappa shape index (κ3) is 3.38. The van der Waals surface area contributed by atoms with Crippen LogP contribution in [0.2, 0.25) is 5.02 Å². The molecule has 0 amide bonds. The molecule has 1 aliphatic rings. The van der Waals surface area contributed by atoms with Crippen molar-refractivity contribution in [3.05, 3.63) is 34.6 Å². The van der Waals surface area contributed by atoms with Gasteiger partial charge in [-0.05, 0) is 24.7 Å². The minimum atomic E-state index is -0.543. The first-order valence-electron chi connectivity index (χ1n) is 5.98. The van der Waals surface area contributed by atoms with E-state index >= 15 is 0 Å². The second-order valence-electron chi connectivity index (χ2n) is 4.63. The lowest BCUT2D eigenvalue weighted by molar-refractivity contribution is 0.0757. The summed E-state index contributed by atoms with van der Waals surface area (Å²) in [4.78, 5) is 2.15. The lowest BCUT2D eigenvalue weighted by Gasteiger charge is -2.35. The fourth-order valence-electron chi connectivity index (χ4n) is 2.16. The zero-order valence-electron chi connectivity index (χ0n) is 10.3. The van der Waals surface area contributed by atoms with E-state index in [1.807, 2.05) is 18.8 Å². The number of nitrogens with zero attached hydrogens (tertiary/aromatic N) is 1. The average molecular weight is 290 g/mol. The molecule has 1 aliphatic heterocycles. The van der Waals surface area contributed by atoms with E-state index in [0.29, 0.717) is 17.0 Å². The first-order valence-corrected chi connectivity index (χ1v) is 7.51. The fourth-order valence-corrected chi connectivity index (χ4v) is 3.62. The third-order valence-corrected chi connectivity index (χ3v) is 4.61. The van der Waals surface area contributed by atoms with Crippen LogP contribution in [0, 0.1) is 5.82 Å². The summed E-state index contributed by atoms with van der Waals surface area (Å²) in [6, 6.07) is 4.70. The van der Waals surface area contributed by atoms with Crippen LogP contribution in [-0.2, 0) is 6.42 Å². The number of halogens is 2. The summed E-state index contributed by atoms with van der Waals surface area (Å²) >= 11 is 7.55. The number of benzene rings is 1. The summed E-state index contributed by atoms with van der Waals surface area (Å²) in [6.45, 7) is 0.968. The van der Waals surface area contributed by atoms with Crippen molar-refractivity contribution < 1.29 is 9.50 Å². The van der Waals surface area contributed by atoms with Crippen molar-refractivity contribution in [2.75, 3.05) is 25.1 Å². The molecule has 0 aliphatic carbocycles. The van der Waals surface area contributed by atoms with E-state index in [1.54, 1.807) is 12.1 Å². The van der Waals surface area contributed by atoms with Gasteiger partial charge in [-0.1, -0.05) is 17.7 Å². The average Bonchev–Trinajstić information content (AvgIpc) is 2.33. The Kier molecular flexibility index (Phi) is 4.90. The van der Waals surface area contributed by atoms with Crippen molar-refractivity contribution >= 4 is 23.4 Å². The fraction of sp³-hybridized carbons (Fsp3) is 0.538. The SMILES string of the molecule is CN1CCSCC1C(O)Cc1ccc(Cl)cc1F. The molecule has 0 saturated carbocycles. The zero-order chi connectivity index (χ0) is 13.1. The maximum atomic E-state index is 13.7. The second-order valence-corrected chi connectivity index (χ2v) is 6.22. The van der Waals surface area contributed by atoms with Gasteiger partial charge in [-0.15, -0.1) is 0 Å². The summed E-state index contributed by atoms with van der Waals surface area (Å²) in [7, 11) is 2.01. The molecule has 1 saturated heterocycles. The molecule has 0 aromatic heterocycles. The van der Waals surface area contributed by atoms with Gasteiger partial charge in [0.1, 0.15) is 5.82 Å². The lowest BCUT2D eigenvalue weighted by atomic mass is 10.0. The predicted molar refractivity (Wildman–Crippen MR) is 74.9 cm³/mol. The van der Waals surface area contributed by atoms with Crippen molar-refractivity contribution in [1.82, 2.24) is 4.90 Å². The van der Waals surface area contributed by atoms with Crippen LogP contribution in [0.3, 0.4) is 0 Å². The van der Waals surface area contributed by atoms with Gasteiger partial charge in [0.25, 0.3) is 0 Å². The summed E-state index contributed by atoms with van der Waals surface area (Å²) in [5, 5.41) is 10.6. The molecule has 1 fully saturated rings. The van der Waals surface area contributed by atoms with Crippen LogP contribution >= 0.6 is 23.4 Å². The molecule has 5 heteroatoms. The summed E-state index contributed by atoms with van der Waals surface area (Å²) in [5.74, 6) is 1.65. The van der Waals surface area contributed by atoms with Gasteiger partial charge < -0.3 is 5.11 Å². The van der Waals surface area contributed by atoms with Crippen molar-refractivity contribution in [2.24, 2.45) is 0 Å². The molecule has 0 radical (unpaired) electrons. The molecule has 1 heterocycles. The van der Waals surface area contributed by atoms with Gasteiger partial charge in [-0.2, -0.15) is 11.8 Å². The van der Waals surface area contributed by atoms with Crippen LogP contribution < -0.4 is 0 Å². The van der Waals surface area contributed by atoms with Gasteiger partial charge >= 0.3 is 0 Å². The van der Waals surface area contributed by atoms with Crippen LogP contribution in [0.1, 0.15) is 5.56 Å². The minimum Gasteiger partial charge on any atom is -0.391 e. The first-order chi connectivity index (χ1) is 8.58. The predicted octanol–water partition coefficient (Wildman–Crippen LogP) is 2.43. The van der Waals surface area contributed by atoms with E-state index in [-0.39, 0.29) is 11.9 Å². The molecule has 2 unspecified atom stereocenters. The van der Waals surface area contributed by atoms with Gasteiger partial charge in [0, 0.05) is 35.5 Å². The molecule has 2 atom stereocenters. The number of aliphatic hydroxyl groups excluding tert-OH is 1. The Balaban J connectivity index is 2.03. The summed E-state index contributed by atoms with van der Waals surface area (Å²) in [6.07, 6.45) is -0.211. The molecule has 18 heavy (non-hydrogen) atoms. The highest BCUT2D eigenvalue weighted by molar-refractivity contribution is 7.99. The van der Waals surface area contributed by atoms with Crippen molar-refractivity contribution in [2.45, 2.75) is 18.6 Å². The smallest absolute Gasteiger partial charge is 0.127 e. The van der Waals surface area contributed by atoms with Gasteiger partial charge in [0.2, 0.25) is 0 Å². The maximum absolute atomic E-state index is 13.7. The Morgan fingerprint density at radius 3 is 3.06 bits per heavy atom. The van der Waals surface area contributed by atoms with E-state index in [0.717, 1.165) is 18.1 Å². The van der Waals surface area contributed by atoms with Crippen LogP contribution in [0.4, 0.5) is 4.39 Å². The molecule has 1 aromatic rings. The summed E-state index contributed by atoms with van der Waals surface area (Å²) < 4.78 is 13.7. The maximum Gasteiger partial charge on any atom is 0.127 e. The molecular formula is C13H17ClFNOS. The molecule has 100 valence electrons. The van der Waals surface area contributed by atoms with Crippen molar-refractivity contribution in [3.8, 4) is 0 Å². The standard InChI is InChI=1S/C13H17ClFNOS/c1-16-4-5-18-8-12(16)13(17)6-9-2-3-10(14)7-11(9)15/h2-3,7,12-13,17H,4-6,8H2,1H3. The minimum absolute atomic E-state index is 0.0961. The Bertz CT molecular complexity index is 418. The van der Waals surface area contributed by atoms with Gasteiger partial charge in [0.15, 0.2) is 0 Å². The number of rotatable bonds is 3. The molecule has 1 N–H and O–H groups in total. The van der Waals surface area contributed by atoms with Crippen LogP contribution in [0.25, 0.3) is 0 Å². The number of hydrogen-bond acceptors (Lipinski definition) is 3. The highest BCUT2D eigenvalue weighted by Gasteiger charge is 2.27. The Morgan fingerprint density at radius 1 is 1.61 bits per heavy atom. The normalized spacial score (nSPS) is 23.0. The molecule has 2 nitrogen and oxygen atoms in total. The second kappa shape index (κ2) is 6.24. The highest BCUT2D eigenvalue weighted by atomic mass is 35.5. The molecule has 0 spiro atoms. The number of hydrogen-bond donors (Lipinski definition) is 1. The number of thioether (sulfide) groups is 1. The van der Waals surface area contributed by atoms with Crippen LogP contribution in [-0.4, -0.2) is 47.3 Å². The molecule has 0 bridgehead atoms. The summed E-state index contributed by atoms with van der Waals surface area (Å²) in [5.41, 5.74) is 0.524. The van der Waals surface area contributed by atoms with Crippen LogP contribution in [0.15, 0.2) is 18.2 Å².